The fourth-order valence-electron chi connectivity index (χ4n) is 4.93. The third kappa shape index (κ3) is 4.67. The Morgan fingerprint density at radius 3 is 2.63 bits per heavy atom. The van der Waals surface area contributed by atoms with E-state index in [1.165, 1.54) is 0 Å². The van der Waals surface area contributed by atoms with E-state index in [-0.39, 0.29) is 40.4 Å². The number of aromatic nitrogens is 4. The molecule has 3 aliphatic rings. The normalized spacial score (nSPS) is 21.7. The molecule has 3 aromatic heterocycles. The Labute approximate surface area is 204 Å². The zero-order valence-electron chi connectivity index (χ0n) is 18.8. The van der Waals surface area contributed by atoms with E-state index in [1.54, 1.807) is 24.5 Å². The second-order valence-electron chi connectivity index (χ2n) is 8.93. The number of nitrogens with one attached hydrogen (secondary N) is 1. The molecule has 35 heavy (non-hydrogen) atoms. The lowest BCUT2D eigenvalue weighted by atomic mass is 9.76. The fourth-order valence-corrected chi connectivity index (χ4v) is 5.15. The number of nitrogens with zero attached hydrogens (tertiary/aromatic N) is 5. The molecule has 0 spiro atoms. The number of alkyl halides is 3. The number of anilines is 1. The summed E-state index contributed by atoms with van der Waals surface area (Å²) < 4.78 is 39.0. The number of carbonyl (C=O) groups is 1. The molecule has 0 aromatic carbocycles. The highest BCUT2D eigenvalue weighted by atomic mass is 35.5. The first-order chi connectivity index (χ1) is 16.7. The second-order valence-corrected chi connectivity index (χ2v) is 9.34. The van der Waals surface area contributed by atoms with Crippen LogP contribution in [0.3, 0.4) is 0 Å². The highest BCUT2D eigenvalue weighted by Gasteiger charge is 2.44. The van der Waals surface area contributed by atoms with Gasteiger partial charge in [-0.2, -0.15) is 13.2 Å². The summed E-state index contributed by atoms with van der Waals surface area (Å²) in [6, 6.07) is 5.80. The van der Waals surface area contributed by atoms with E-state index in [9.17, 15) is 18.0 Å². The van der Waals surface area contributed by atoms with Gasteiger partial charge in [0.1, 0.15) is 11.5 Å². The van der Waals surface area contributed by atoms with Gasteiger partial charge in [0.2, 0.25) is 0 Å². The Morgan fingerprint density at radius 2 is 1.94 bits per heavy atom. The van der Waals surface area contributed by atoms with Crippen molar-refractivity contribution in [3.05, 3.63) is 64.8 Å². The Balaban J connectivity index is 1.42. The Bertz CT molecular complexity index is 1260. The molecule has 6 rings (SSSR count). The monoisotopic (exact) mass is 502 g/mol. The van der Waals surface area contributed by atoms with Crippen LogP contribution in [0.5, 0.6) is 0 Å². The lowest BCUT2D eigenvalue weighted by Crippen LogP contribution is -2.60. The average Bonchev–Trinajstić information content (AvgIpc) is 2.85. The summed E-state index contributed by atoms with van der Waals surface area (Å²) in [6.45, 7) is 2.40. The van der Waals surface area contributed by atoms with Gasteiger partial charge in [-0.25, -0.2) is 19.9 Å². The van der Waals surface area contributed by atoms with Crippen LogP contribution < -0.4 is 5.32 Å². The summed E-state index contributed by atoms with van der Waals surface area (Å²) in [6.07, 6.45) is 1.96. The number of hydrogen-bond acceptors (Lipinski definition) is 6. The van der Waals surface area contributed by atoms with Crippen molar-refractivity contribution >= 4 is 23.3 Å². The van der Waals surface area contributed by atoms with Gasteiger partial charge in [0.15, 0.2) is 5.82 Å². The zero-order valence-corrected chi connectivity index (χ0v) is 19.5. The van der Waals surface area contributed by atoms with Crippen molar-refractivity contribution in [1.29, 1.82) is 0 Å². The first-order valence-electron chi connectivity index (χ1n) is 11.3. The van der Waals surface area contributed by atoms with E-state index in [4.69, 9.17) is 11.6 Å². The van der Waals surface area contributed by atoms with Crippen molar-refractivity contribution in [2.75, 3.05) is 11.9 Å². The quantitative estimate of drug-likeness (QED) is 0.539. The number of hydrogen-bond donors (Lipinski definition) is 1. The number of fused-ring (bicyclic) bond motifs is 3. The summed E-state index contributed by atoms with van der Waals surface area (Å²) in [7, 11) is 0. The molecule has 3 fully saturated rings. The molecule has 0 unspecified atom stereocenters. The highest BCUT2D eigenvalue weighted by Crippen LogP contribution is 2.39. The Hall–Kier alpha value is -3.27. The van der Waals surface area contributed by atoms with Gasteiger partial charge in [-0.1, -0.05) is 11.6 Å². The van der Waals surface area contributed by atoms with Gasteiger partial charge >= 0.3 is 6.18 Å². The zero-order chi connectivity index (χ0) is 24.7. The largest absolute Gasteiger partial charge is 0.417 e. The van der Waals surface area contributed by atoms with Crippen LogP contribution >= 0.6 is 11.6 Å². The number of piperidine rings is 2. The molecular formula is C24H22ClF3N6O. The topological polar surface area (TPSA) is 83.9 Å². The number of pyridine rings is 2. The number of carbonyl (C=O) groups excluding carboxylic acids is 1. The van der Waals surface area contributed by atoms with Gasteiger partial charge in [0.05, 0.1) is 22.2 Å². The predicted octanol–water partition coefficient (Wildman–Crippen LogP) is 5.02. The molecule has 1 N–H and O–H groups in total. The van der Waals surface area contributed by atoms with Gasteiger partial charge in [0.25, 0.3) is 5.91 Å². The molecule has 2 aliphatic heterocycles. The minimum atomic E-state index is -4.52. The summed E-state index contributed by atoms with van der Waals surface area (Å²) in [5, 5.41) is 3.10. The summed E-state index contributed by atoms with van der Waals surface area (Å²) in [4.78, 5) is 32.6. The number of rotatable bonds is 4. The van der Waals surface area contributed by atoms with Crippen LogP contribution in [-0.2, 0) is 6.18 Å². The molecule has 182 valence electrons. The van der Waals surface area contributed by atoms with Gasteiger partial charge in [0, 0.05) is 36.9 Å². The first kappa shape index (κ1) is 23.5. The van der Waals surface area contributed by atoms with Crippen molar-refractivity contribution in [2.45, 2.75) is 44.4 Å². The van der Waals surface area contributed by atoms with Crippen LogP contribution in [0.2, 0.25) is 5.02 Å². The minimum Gasteiger partial charge on any atom is -0.364 e. The van der Waals surface area contributed by atoms with Crippen molar-refractivity contribution in [3.63, 3.8) is 0 Å². The lowest BCUT2D eigenvalue weighted by Gasteiger charge is -2.50. The van der Waals surface area contributed by atoms with Crippen LogP contribution in [0, 0.1) is 12.8 Å². The van der Waals surface area contributed by atoms with Crippen molar-refractivity contribution < 1.29 is 18.0 Å². The van der Waals surface area contributed by atoms with E-state index in [1.807, 2.05) is 17.9 Å². The van der Waals surface area contributed by atoms with Gasteiger partial charge in [-0.15, -0.1) is 0 Å². The smallest absolute Gasteiger partial charge is 0.364 e. The fraction of sp³-hybridized carbons (Fsp3) is 0.375. The van der Waals surface area contributed by atoms with Gasteiger partial charge < -0.3 is 10.2 Å². The van der Waals surface area contributed by atoms with E-state index in [0.717, 1.165) is 31.5 Å². The molecule has 3 aromatic rings. The van der Waals surface area contributed by atoms with E-state index >= 15 is 0 Å². The van der Waals surface area contributed by atoms with E-state index in [2.05, 4.69) is 25.3 Å². The van der Waals surface area contributed by atoms with Crippen LogP contribution in [-0.4, -0.2) is 49.4 Å². The SMILES string of the molecule is Cc1ccc(-c2ncccn2)c(C(=O)N2C[C@@H]3CC[C@H]2[C@H](Nc2ncc(C(F)(F)F)cc2Cl)C3)n1. The Kier molecular flexibility index (Phi) is 6.08. The summed E-state index contributed by atoms with van der Waals surface area (Å²) in [5.74, 6) is 0.623. The van der Waals surface area contributed by atoms with E-state index in [0.29, 0.717) is 23.6 Å². The van der Waals surface area contributed by atoms with Crippen molar-refractivity contribution in [1.82, 2.24) is 24.8 Å². The van der Waals surface area contributed by atoms with Crippen molar-refractivity contribution in [2.24, 2.45) is 5.92 Å². The number of halogens is 4. The van der Waals surface area contributed by atoms with Gasteiger partial charge in [-0.3, -0.25) is 4.79 Å². The molecule has 1 aliphatic carbocycles. The Morgan fingerprint density at radius 1 is 1.17 bits per heavy atom. The average molecular weight is 503 g/mol. The lowest BCUT2D eigenvalue weighted by molar-refractivity contribution is -0.137. The van der Waals surface area contributed by atoms with Crippen LogP contribution in [0.1, 0.15) is 41.0 Å². The standard InChI is InChI=1S/C24H22ClF3N6O/c1-13-3-5-16(21-29-7-2-8-30-21)20(32-13)23(35)34-12-14-4-6-19(34)18(9-14)33-22-17(25)10-15(11-31-22)24(26,27)28/h2-3,5,7-8,10-11,14,18-19H,4,6,9,12H2,1H3,(H,31,33)/t14-,18-,19+/m1/s1. The molecule has 5 heterocycles. The molecule has 2 saturated heterocycles. The number of amides is 1. The maximum Gasteiger partial charge on any atom is 0.417 e. The molecule has 7 nitrogen and oxygen atoms in total. The molecule has 1 amide bonds. The summed E-state index contributed by atoms with van der Waals surface area (Å²) >= 11 is 6.13. The predicted molar refractivity (Wildman–Crippen MR) is 124 cm³/mol. The molecule has 0 radical (unpaired) electrons. The van der Waals surface area contributed by atoms with Crippen molar-refractivity contribution in [3.8, 4) is 11.4 Å². The minimum absolute atomic E-state index is 0.108. The third-order valence-electron chi connectivity index (χ3n) is 6.57. The van der Waals surface area contributed by atoms with Crippen LogP contribution in [0.4, 0.5) is 19.0 Å². The molecular weight excluding hydrogens is 481 g/mol. The second kappa shape index (κ2) is 9.07. The van der Waals surface area contributed by atoms with Gasteiger partial charge in [-0.05, 0) is 56.4 Å². The first-order valence-corrected chi connectivity index (χ1v) is 11.6. The maximum absolute atomic E-state index is 13.8. The summed E-state index contributed by atoms with van der Waals surface area (Å²) in [5.41, 5.74) is 0.634. The maximum atomic E-state index is 13.8. The third-order valence-corrected chi connectivity index (χ3v) is 6.86. The number of aryl methyl sites for hydroxylation is 1. The molecule has 11 heteroatoms. The van der Waals surface area contributed by atoms with E-state index < -0.39 is 11.7 Å². The van der Waals surface area contributed by atoms with Crippen LogP contribution in [0.15, 0.2) is 42.9 Å². The molecule has 2 bridgehead atoms. The molecule has 1 saturated carbocycles. The molecule has 3 atom stereocenters. The van der Waals surface area contributed by atoms with Crippen LogP contribution in [0.25, 0.3) is 11.4 Å². The highest BCUT2D eigenvalue weighted by molar-refractivity contribution is 6.33.